The summed E-state index contributed by atoms with van der Waals surface area (Å²) >= 11 is 0. The zero-order chi connectivity index (χ0) is 15.1. The van der Waals surface area contributed by atoms with E-state index in [1.807, 2.05) is 18.2 Å². The third kappa shape index (κ3) is 3.90. The quantitative estimate of drug-likeness (QED) is 0.315. The van der Waals surface area contributed by atoms with Crippen LogP contribution < -0.4 is 15.8 Å². The SMILES string of the molecule is COc1cc(CNCc2ccncn2)ccc1/C(N)=N/O. The van der Waals surface area contributed by atoms with Gasteiger partial charge < -0.3 is 21.0 Å². The van der Waals surface area contributed by atoms with E-state index in [1.165, 1.54) is 6.33 Å². The van der Waals surface area contributed by atoms with E-state index in [0.717, 1.165) is 11.3 Å². The average molecular weight is 287 g/mol. The van der Waals surface area contributed by atoms with Gasteiger partial charge in [-0.3, -0.25) is 0 Å². The summed E-state index contributed by atoms with van der Waals surface area (Å²) in [5, 5.41) is 15.0. The van der Waals surface area contributed by atoms with Crippen molar-refractivity contribution < 1.29 is 9.94 Å². The molecule has 0 bridgehead atoms. The summed E-state index contributed by atoms with van der Waals surface area (Å²) in [4.78, 5) is 8.00. The number of hydrogen-bond donors (Lipinski definition) is 3. The largest absolute Gasteiger partial charge is 0.496 e. The van der Waals surface area contributed by atoms with Crippen LogP contribution in [0.25, 0.3) is 0 Å². The van der Waals surface area contributed by atoms with Crippen LogP contribution in [0, 0.1) is 0 Å². The van der Waals surface area contributed by atoms with Gasteiger partial charge in [0.1, 0.15) is 12.1 Å². The van der Waals surface area contributed by atoms with Gasteiger partial charge in [0.2, 0.25) is 0 Å². The van der Waals surface area contributed by atoms with Gasteiger partial charge in [0, 0.05) is 19.3 Å². The van der Waals surface area contributed by atoms with Crippen LogP contribution in [0.1, 0.15) is 16.8 Å². The molecule has 0 saturated carbocycles. The molecule has 0 aliphatic carbocycles. The minimum Gasteiger partial charge on any atom is -0.496 e. The maximum Gasteiger partial charge on any atom is 0.173 e. The van der Waals surface area contributed by atoms with Gasteiger partial charge >= 0.3 is 0 Å². The van der Waals surface area contributed by atoms with Gasteiger partial charge in [0.25, 0.3) is 0 Å². The van der Waals surface area contributed by atoms with Crippen LogP contribution in [0.15, 0.2) is 41.9 Å². The molecule has 0 amide bonds. The third-order valence-corrected chi connectivity index (χ3v) is 2.93. The summed E-state index contributed by atoms with van der Waals surface area (Å²) in [6.07, 6.45) is 3.23. The highest BCUT2D eigenvalue weighted by molar-refractivity contribution is 5.99. The van der Waals surface area contributed by atoms with E-state index in [0.29, 0.717) is 24.4 Å². The van der Waals surface area contributed by atoms with E-state index >= 15 is 0 Å². The fourth-order valence-electron chi connectivity index (χ4n) is 1.87. The lowest BCUT2D eigenvalue weighted by Crippen LogP contribution is -2.16. The maximum atomic E-state index is 8.73. The van der Waals surface area contributed by atoms with Crippen LogP contribution in [0.4, 0.5) is 0 Å². The highest BCUT2D eigenvalue weighted by Crippen LogP contribution is 2.20. The molecule has 2 aromatic rings. The highest BCUT2D eigenvalue weighted by Gasteiger charge is 2.08. The van der Waals surface area contributed by atoms with Gasteiger partial charge in [-0.25, -0.2) is 9.97 Å². The van der Waals surface area contributed by atoms with Gasteiger partial charge in [-0.15, -0.1) is 0 Å². The Hall–Kier alpha value is -2.67. The molecule has 110 valence electrons. The highest BCUT2D eigenvalue weighted by atomic mass is 16.5. The normalized spacial score (nSPS) is 11.4. The molecule has 4 N–H and O–H groups in total. The minimum atomic E-state index is 0.0207. The molecule has 2 rings (SSSR count). The van der Waals surface area contributed by atoms with Crippen molar-refractivity contribution in [1.82, 2.24) is 15.3 Å². The molecule has 0 fully saturated rings. The van der Waals surface area contributed by atoms with Gasteiger partial charge in [0.05, 0.1) is 18.4 Å². The Morgan fingerprint density at radius 2 is 2.24 bits per heavy atom. The Morgan fingerprint density at radius 3 is 2.90 bits per heavy atom. The van der Waals surface area contributed by atoms with Crippen molar-refractivity contribution in [3.63, 3.8) is 0 Å². The maximum absolute atomic E-state index is 8.73. The zero-order valence-corrected chi connectivity index (χ0v) is 11.7. The van der Waals surface area contributed by atoms with E-state index in [4.69, 9.17) is 15.7 Å². The zero-order valence-electron chi connectivity index (χ0n) is 11.7. The van der Waals surface area contributed by atoms with E-state index in [1.54, 1.807) is 19.4 Å². The number of benzene rings is 1. The summed E-state index contributed by atoms with van der Waals surface area (Å²) < 4.78 is 5.25. The number of nitrogens with zero attached hydrogens (tertiary/aromatic N) is 3. The van der Waals surface area contributed by atoms with Crippen LogP contribution in [-0.2, 0) is 13.1 Å². The first-order chi connectivity index (χ1) is 10.2. The van der Waals surface area contributed by atoms with E-state index in [2.05, 4.69) is 20.4 Å². The average Bonchev–Trinajstić information content (AvgIpc) is 2.55. The fourth-order valence-corrected chi connectivity index (χ4v) is 1.87. The molecule has 1 heterocycles. The number of ether oxygens (including phenoxy) is 1. The summed E-state index contributed by atoms with van der Waals surface area (Å²) in [5.41, 5.74) is 8.09. The Bertz CT molecular complexity index is 616. The number of methoxy groups -OCH3 is 1. The smallest absolute Gasteiger partial charge is 0.173 e. The van der Waals surface area contributed by atoms with Crippen molar-refractivity contribution in [2.45, 2.75) is 13.1 Å². The molecule has 21 heavy (non-hydrogen) atoms. The second kappa shape index (κ2) is 7.20. The topological polar surface area (TPSA) is 106 Å². The van der Waals surface area contributed by atoms with Gasteiger partial charge in [-0.2, -0.15) is 0 Å². The van der Waals surface area contributed by atoms with Crippen LogP contribution >= 0.6 is 0 Å². The van der Waals surface area contributed by atoms with Crippen LogP contribution in [-0.4, -0.2) is 28.1 Å². The van der Waals surface area contributed by atoms with E-state index < -0.39 is 0 Å². The first-order valence-electron chi connectivity index (χ1n) is 6.35. The number of hydrogen-bond acceptors (Lipinski definition) is 6. The van der Waals surface area contributed by atoms with Crippen LogP contribution in [0.2, 0.25) is 0 Å². The van der Waals surface area contributed by atoms with Crippen molar-refractivity contribution in [3.05, 3.63) is 53.6 Å². The van der Waals surface area contributed by atoms with Gasteiger partial charge in [-0.1, -0.05) is 11.2 Å². The molecule has 0 atom stereocenters. The summed E-state index contributed by atoms with van der Waals surface area (Å²) in [6, 6.07) is 7.36. The van der Waals surface area contributed by atoms with Crippen molar-refractivity contribution in [2.75, 3.05) is 7.11 Å². The van der Waals surface area contributed by atoms with Crippen molar-refractivity contribution in [2.24, 2.45) is 10.9 Å². The van der Waals surface area contributed by atoms with E-state index in [-0.39, 0.29) is 5.84 Å². The number of rotatable bonds is 6. The molecule has 7 nitrogen and oxygen atoms in total. The molecule has 1 aromatic carbocycles. The first kappa shape index (κ1) is 14.7. The van der Waals surface area contributed by atoms with Gasteiger partial charge in [0.15, 0.2) is 5.84 Å². The van der Waals surface area contributed by atoms with Gasteiger partial charge in [-0.05, 0) is 23.8 Å². The lowest BCUT2D eigenvalue weighted by atomic mass is 10.1. The van der Waals surface area contributed by atoms with E-state index in [9.17, 15) is 0 Å². The molecule has 0 aliphatic rings. The Labute approximate surface area is 122 Å². The standard InChI is InChI=1S/C14H17N5O2/c1-21-13-6-10(2-3-12(13)14(15)19-20)7-17-8-11-4-5-16-9-18-11/h2-6,9,17,20H,7-8H2,1H3,(H2,15,19). The fraction of sp³-hybridized carbons (Fsp3) is 0.214. The Morgan fingerprint density at radius 1 is 1.38 bits per heavy atom. The number of nitrogens with one attached hydrogen (secondary N) is 1. The molecular formula is C14H17N5O2. The molecule has 0 saturated heterocycles. The van der Waals surface area contributed by atoms with Crippen molar-refractivity contribution in [1.29, 1.82) is 0 Å². The molecular weight excluding hydrogens is 270 g/mol. The Balaban J connectivity index is 2.01. The molecule has 0 unspecified atom stereocenters. The third-order valence-electron chi connectivity index (χ3n) is 2.93. The summed E-state index contributed by atoms with van der Waals surface area (Å²) in [5.74, 6) is 0.582. The predicted octanol–water partition coefficient (Wildman–Crippen LogP) is 0.869. The Kier molecular flexibility index (Phi) is 5.05. The number of oxime groups is 1. The second-order valence-corrected chi connectivity index (χ2v) is 4.32. The number of amidine groups is 1. The monoisotopic (exact) mass is 287 g/mol. The van der Waals surface area contributed by atoms with Crippen molar-refractivity contribution >= 4 is 5.84 Å². The lowest BCUT2D eigenvalue weighted by molar-refractivity contribution is 0.318. The molecule has 0 radical (unpaired) electrons. The first-order valence-corrected chi connectivity index (χ1v) is 6.35. The minimum absolute atomic E-state index is 0.0207. The molecule has 7 heteroatoms. The molecule has 1 aromatic heterocycles. The predicted molar refractivity (Wildman–Crippen MR) is 78.1 cm³/mol. The number of aromatic nitrogens is 2. The summed E-state index contributed by atoms with van der Waals surface area (Å²) in [7, 11) is 1.54. The second-order valence-electron chi connectivity index (χ2n) is 4.32. The summed E-state index contributed by atoms with van der Waals surface area (Å²) in [6.45, 7) is 1.30. The van der Waals surface area contributed by atoms with Crippen molar-refractivity contribution in [3.8, 4) is 5.75 Å². The number of nitrogens with two attached hydrogens (primary N) is 1. The van der Waals surface area contributed by atoms with Crippen LogP contribution in [0.5, 0.6) is 5.75 Å². The molecule has 0 spiro atoms. The van der Waals surface area contributed by atoms with Crippen LogP contribution in [0.3, 0.4) is 0 Å². The molecule has 0 aliphatic heterocycles. The lowest BCUT2D eigenvalue weighted by Gasteiger charge is -2.10.